The Morgan fingerprint density at radius 1 is 1.21 bits per heavy atom. The first kappa shape index (κ1) is 20.5. The Labute approximate surface area is 174 Å². The molecule has 2 N–H and O–H groups in total. The maximum absolute atomic E-state index is 5.65. The van der Waals surface area contributed by atoms with Crippen molar-refractivity contribution >= 4 is 28.7 Å². The lowest BCUT2D eigenvalue weighted by Gasteiger charge is -2.33. The molecule has 1 heterocycles. The van der Waals surface area contributed by atoms with Crippen LogP contribution in [0.25, 0.3) is 0 Å². The number of nitrogens with one attached hydrogen (secondary N) is 2. The van der Waals surface area contributed by atoms with E-state index in [0.717, 1.165) is 30.4 Å². The molecule has 5 heteroatoms. The van der Waals surface area contributed by atoms with Crippen molar-refractivity contribution < 1.29 is 4.74 Å². The summed E-state index contributed by atoms with van der Waals surface area (Å²) < 4.78 is 5.65. The molecule has 1 aliphatic heterocycles. The highest BCUT2D eigenvalue weighted by molar-refractivity contribution is 7.80. The van der Waals surface area contributed by atoms with Crippen LogP contribution in [0.4, 0.5) is 11.4 Å². The second kappa shape index (κ2) is 9.78. The number of thiocarbonyl (C=S) groups is 1. The number of hydrogen-bond donors (Lipinski definition) is 2. The fourth-order valence-electron chi connectivity index (χ4n) is 3.69. The molecule has 0 aliphatic carbocycles. The van der Waals surface area contributed by atoms with E-state index in [0.29, 0.717) is 11.7 Å². The largest absolute Gasteiger partial charge is 0.492 e. The summed E-state index contributed by atoms with van der Waals surface area (Å²) in [7, 11) is 0. The summed E-state index contributed by atoms with van der Waals surface area (Å²) in [6.45, 7) is 9.37. The Morgan fingerprint density at radius 2 is 1.96 bits per heavy atom. The fourth-order valence-corrected chi connectivity index (χ4v) is 3.97. The number of benzene rings is 2. The fraction of sp³-hybridized carbons (Fsp3) is 0.435. The molecule has 1 saturated heterocycles. The van der Waals surface area contributed by atoms with Gasteiger partial charge in [-0.2, -0.15) is 0 Å². The molecule has 0 saturated carbocycles. The van der Waals surface area contributed by atoms with E-state index in [2.05, 4.69) is 53.6 Å². The van der Waals surface area contributed by atoms with Gasteiger partial charge in [0, 0.05) is 18.8 Å². The summed E-state index contributed by atoms with van der Waals surface area (Å²) in [5, 5.41) is 7.21. The van der Waals surface area contributed by atoms with Gasteiger partial charge < -0.3 is 20.3 Å². The lowest BCUT2D eigenvalue weighted by Crippen LogP contribution is -2.34. The van der Waals surface area contributed by atoms with Crippen LogP contribution in [0.1, 0.15) is 45.2 Å². The Bertz CT molecular complexity index is 778. The van der Waals surface area contributed by atoms with E-state index in [-0.39, 0.29) is 6.04 Å². The average Bonchev–Trinajstić information content (AvgIpc) is 2.70. The second-order valence-electron chi connectivity index (χ2n) is 7.53. The predicted octanol–water partition coefficient (Wildman–Crippen LogP) is 5.37. The molecule has 28 heavy (non-hydrogen) atoms. The van der Waals surface area contributed by atoms with Gasteiger partial charge in [0.1, 0.15) is 5.75 Å². The van der Waals surface area contributed by atoms with Gasteiger partial charge in [-0.25, -0.2) is 0 Å². The van der Waals surface area contributed by atoms with E-state index < -0.39 is 0 Å². The molecule has 4 nitrogen and oxygen atoms in total. The maximum atomic E-state index is 5.65. The van der Waals surface area contributed by atoms with Crippen LogP contribution in [0.2, 0.25) is 0 Å². The summed E-state index contributed by atoms with van der Waals surface area (Å²) in [5.41, 5.74) is 3.41. The number of hydrogen-bond acceptors (Lipinski definition) is 3. The first-order valence-electron chi connectivity index (χ1n) is 10.2. The van der Waals surface area contributed by atoms with Gasteiger partial charge in [-0.3, -0.25) is 0 Å². The average molecular weight is 398 g/mol. The minimum Gasteiger partial charge on any atom is -0.492 e. The number of nitrogens with zero attached hydrogens (tertiary/aromatic N) is 1. The molecule has 0 unspecified atom stereocenters. The van der Waals surface area contributed by atoms with Gasteiger partial charge in [0.15, 0.2) is 5.11 Å². The third kappa shape index (κ3) is 5.38. The normalized spacial score (nSPS) is 17.7. The number of anilines is 2. The summed E-state index contributed by atoms with van der Waals surface area (Å²) >= 11 is 5.51. The molecule has 3 rings (SSSR count). The molecule has 2 aromatic rings. The third-order valence-electron chi connectivity index (χ3n) is 5.20. The first-order chi connectivity index (χ1) is 13.6. The number of para-hydroxylation sites is 2. The maximum Gasteiger partial charge on any atom is 0.171 e. The van der Waals surface area contributed by atoms with Crippen LogP contribution in [0.3, 0.4) is 0 Å². The van der Waals surface area contributed by atoms with Gasteiger partial charge in [0.25, 0.3) is 0 Å². The van der Waals surface area contributed by atoms with E-state index in [1.807, 2.05) is 31.2 Å². The standard InChI is InChI=1S/C23H31N3OS/c1-4-27-22-10-6-5-9-21(22)25-23(28)24-18(3)19-11-13-20(14-12-19)26-15-7-8-17(2)16-26/h5-6,9-14,17-18H,4,7-8,15-16H2,1-3H3,(H2,24,25,28)/t17-,18+/m1/s1. The summed E-state index contributed by atoms with van der Waals surface area (Å²) in [5.74, 6) is 1.58. The van der Waals surface area contributed by atoms with Crippen LogP contribution in [-0.4, -0.2) is 24.8 Å². The van der Waals surface area contributed by atoms with Gasteiger partial charge in [0.05, 0.1) is 18.3 Å². The van der Waals surface area contributed by atoms with E-state index in [9.17, 15) is 0 Å². The van der Waals surface area contributed by atoms with Gasteiger partial charge in [-0.05, 0) is 74.7 Å². The number of ether oxygens (including phenoxy) is 1. The molecule has 2 aromatic carbocycles. The highest BCUT2D eigenvalue weighted by Gasteiger charge is 2.17. The van der Waals surface area contributed by atoms with Gasteiger partial charge in [-0.1, -0.05) is 31.2 Å². The number of rotatable bonds is 6. The van der Waals surface area contributed by atoms with E-state index in [1.165, 1.54) is 24.1 Å². The van der Waals surface area contributed by atoms with Crippen molar-refractivity contribution in [1.82, 2.24) is 5.32 Å². The minimum atomic E-state index is 0.119. The molecule has 0 radical (unpaired) electrons. The van der Waals surface area contributed by atoms with E-state index >= 15 is 0 Å². The molecule has 1 aliphatic rings. The predicted molar refractivity (Wildman–Crippen MR) is 122 cm³/mol. The van der Waals surface area contributed by atoms with Crippen LogP contribution in [0.5, 0.6) is 5.75 Å². The minimum absolute atomic E-state index is 0.119. The Morgan fingerprint density at radius 3 is 2.68 bits per heavy atom. The monoisotopic (exact) mass is 397 g/mol. The summed E-state index contributed by atoms with van der Waals surface area (Å²) in [6, 6.07) is 16.8. The molecule has 1 fully saturated rings. The van der Waals surface area contributed by atoms with Crippen LogP contribution in [0, 0.1) is 5.92 Å². The molecule has 0 bridgehead atoms. The molecule has 0 amide bonds. The van der Waals surface area contributed by atoms with E-state index in [1.54, 1.807) is 0 Å². The quantitative estimate of drug-likeness (QED) is 0.641. The van der Waals surface area contributed by atoms with Crippen LogP contribution in [0.15, 0.2) is 48.5 Å². The molecule has 0 aromatic heterocycles. The summed E-state index contributed by atoms with van der Waals surface area (Å²) in [6.07, 6.45) is 2.62. The molecular weight excluding hydrogens is 366 g/mol. The van der Waals surface area contributed by atoms with Crippen LogP contribution >= 0.6 is 12.2 Å². The van der Waals surface area contributed by atoms with Gasteiger partial charge in [-0.15, -0.1) is 0 Å². The van der Waals surface area contributed by atoms with Crippen molar-refractivity contribution in [2.24, 2.45) is 5.92 Å². The third-order valence-corrected chi connectivity index (χ3v) is 5.42. The smallest absolute Gasteiger partial charge is 0.171 e. The molecule has 0 spiro atoms. The van der Waals surface area contributed by atoms with Crippen molar-refractivity contribution in [2.45, 2.75) is 39.7 Å². The Hall–Kier alpha value is -2.27. The van der Waals surface area contributed by atoms with E-state index in [4.69, 9.17) is 17.0 Å². The van der Waals surface area contributed by atoms with Crippen molar-refractivity contribution in [3.05, 3.63) is 54.1 Å². The SMILES string of the molecule is CCOc1ccccc1NC(=S)N[C@@H](C)c1ccc(N2CCC[C@@H](C)C2)cc1. The molecule has 2 atom stereocenters. The lowest BCUT2D eigenvalue weighted by molar-refractivity contribution is 0.342. The highest BCUT2D eigenvalue weighted by Crippen LogP contribution is 2.26. The zero-order chi connectivity index (χ0) is 19.9. The molecule has 150 valence electrons. The molecular formula is C23H31N3OS. The van der Waals surface area contributed by atoms with Gasteiger partial charge >= 0.3 is 0 Å². The first-order valence-corrected chi connectivity index (χ1v) is 10.6. The topological polar surface area (TPSA) is 36.5 Å². The Kier molecular flexibility index (Phi) is 7.15. The van der Waals surface area contributed by atoms with Crippen molar-refractivity contribution in [3.63, 3.8) is 0 Å². The van der Waals surface area contributed by atoms with Crippen LogP contribution in [-0.2, 0) is 0 Å². The number of piperidine rings is 1. The Balaban J connectivity index is 1.58. The van der Waals surface area contributed by atoms with Crippen molar-refractivity contribution in [3.8, 4) is 5.75 Å². The lowest BCUT2D eigenvalue weighted by atomic mass is 9.99. The summed E-state index contributed by atoms with van der Waals surface area (Å²) in [4.78, 5) is 2.49. The van der Waals surface area contributed by atoms with Crippen molar-refractivity contribution in [2.75, 3.05) is 29.9 Å². The van der Waals surface area contributed by atoms with Crippen LogP contribution < -0.4 is 20.3 Å². The van der Waals surface area contributed by atoms with Crippen molar-refractivity contribution in [1.29, 1.82) is 0 Å². The zero-order valence-electron chi connectivity index (χ0n) is 17.1. The highest BCUT2D eigenvalue weighted by atomic mass is 32.1. The zero-order valence-corrected chi connectivity index (χ0v) is 17.9. The second-order valence-corrected chi connectivity index (χ2v) is 7.94. The van der Waals surface area contributed by atoms with Gasteiger partial charge in [0.2, 0.25) is 0 Å².